The summed E-state index contributed by atoms with van der Waals surface area (Å²) >= 11 is 5.67. The van der Waals surface area contributed by atoms with E-state index in [0.717, 1.165) is 11.5 Å². The third-order valence-corrected chi connectivity index (χ3v) is 4.28. The van der Waals surface area contributed by atoms with Gasteiger partial charge in [0, 0.05) is 12.6 Å². The highest BCUT2D eigenvalue weighted by molar-refractivity contribution is 6.30. The molecule has 2 rings (SSSR count). The van der Waals surface area contributed by atoms with Crippen molar-refractivity contribution in [2.75, 3.05) is 0 Å². The van der Waals surface area contributed by atoms with E-state index in [1.807, 2.05) is 6.07 Å². The van der Waals surface area contributed by atoms with Crippen molar-refractivity contribution in [3.05, 3.63) is 34.6 Å². The lowest BCUT2D eigenvalue weighted by molar-refractivity contribution is 0.280. The summed E-state index contributed by atoms with van der Waals surface area (Å²) in [5, 5.41) is 3.70. The number of hydrogen-bond acceptors (Lipinski definition) is 1. The third kappa shape index (κ3) is 3.69. The standard InChI is InChI=1S/C15H21ClFN/c1-11(13-5-3-2-4-6-13)18-10-12-7-8-14(16)15(17)9-12/h7-9,11,13,18H,2-6,10H2,1H3/t11-/m1/s1. The van der Waals surface area contributed by atoms with E-state index in [2.05, 4.69) is 12.2 Å². The van der Waals surface area contributed by atoms with Gasteiger partial charge in [-0.2, -0.15) is 0 Å². The van der Waals surface area contributed by atoms with Gasteiger partial charge in [-0.05, 0) is 43.4 Å². The number of halogens is 2. The van der Waals surface area contributed by atoms with Crippen LogP contribution < -0.4 is 5.32 Å². The van der Waals surface area contributed by atoms with Crippen molar-refractivity contribution in [3.63, 3.8) is 0 Å². The predicted molar refractivity (Wildman–Crippen MR) is 74.3 cm³/mol. The molecule has 0 unspecified atom stereocenters. The number of benzene rings is 1. The van der Waals surface area contributed by atoms with Gasteiger partial charge in [0.1, 0.15) is 5.82 Å². The first kappa shape index (κ1) is 13.8. The molecule has 1 saturated carbocycles. The van der Waals surface area contributed by atoms with Crippen molar-refractivity contribution < 1.29 is 4.39 Å². The smallest absolute Gasteiger partial charge is 0.142 e. The van der Waals surface area contributed by atoms with E-state index in [0.29, 0.717) is 12.6 Å². The topological polar surface area (TPSA) is 12.0 Å². The molecule has 0 aliphatic heterocycles. The summed E-state index contributed by atoms with van der Waals surface area (Å²) in [6.07, 6.45) is 6.73. The van der Waals surface area contributed by atoms with Crippen molar-refractivity contribution in [2.24, 2.45) is 5.92 Å². The zero-order valence-corrected chi connectivity index (χ0v) is 11.6. The van der Waals surface area contributed by atoms with E-state index >= 15 is 0 Å². The van der Waals surface area contributed by atoms with Crippen LogP contribution in [0.5, 0.6) is 0 Å². The summed E-state index contributed by atoms with van der Waals surface area (Å²) in [6.45, 7) is 2.95. The van der Waals surface area contributed by atoms with Gasteiger partial charge < -0.3 is 5.32 Å². The lowest BCUT2D eigenvalue weighted by atomic mass is 9.84. The van der Waals surface area contributed by atoms with E-state index in [4.69, 9.17) is 11.6 Å². The lowest BCUT2D eigenvalue weighted by Crippen LogP contribution is -2.34. The van der Waals surface area contributed by atoms with Gasteiger partial charge in [0.25, 0.3) is 0 Å². The average Bonchev–Trinajstić information content (AvgIpc) is 2.41. The quantitative estimate of drug-likeness (QED) is 0.846. The second kappa shape index (κ2) is 6.53. The maximum absolute atomic E-state index is 13.3. The molecule has 18 heavy (non-hydrogen) atoms. The van der Waals surface area contributed by atoms with Crippen LogP contribution in [0.15, 0.2) is 18.2 Å². The van der Waals surface area contributed by atoms with Crippen molar-refractivity contribution in [2.45, 2.75) is 51.6 Å². The average molecular weight is 270 g/mol. The van der Waals surface area contributed by atoms with Crippen LogP contribution in [0.3, 0.4) is 0 Å². The van der Waals surface area contributed by atoms with Crippen LogP contribution in [0.1, 0.15) is 44.6 Å². The number of rotatable bonds is 4. The largest absolute Gasteiger partial charge is 0.310 e. The monoisotopic (exact) mass is 269 g/mol. The fraction of sp³-hybridized carbons (Fsp3) is 0.600. The van der Waals surface area contributed by atoms with Gasteiger partial charge in [0.05, 0.1) is 5.02 Å². The van der Waals surface area contributed by atoms with Gasteiger partial charge in [-0.25, -0.2) is 4.39 Å². The molecule has 0 radical (unpaired) electrons. The summed E-state index contributed by atoms with van der Waals surface area (Å²) < 4.78 is 13.3. The minimum Gasteiger partial charge on any atom is -0.310 e. The Morgan fingerprint density at radius 1 is 1.33 bits per heavy atom. The molecule has 3 heteroatoms. The van der Waals surface area contributed by atoms with E-state index in [9.17, 15) is 4.39 Å². The van der Waals surface area contributed by atoms with E-state index < -0.39 is 0 Å². The normalized spacial score (nSPS) is 18.8. The Bertz CT molecular complexity index is 388. The fourth-order valence-corrected chi connectivity index (χ4v) is 2.85. The lowest BCUT2D eigenvalue weighted by Gasteiger charge is -2.28. The third-order valence-electron chi connectivity index (χ3n) is 3.97. The minimum absolute atomic E-state index is 0.194. The SMILES string of the molecule is C[C@@H](NCc1ccc(Cl)c(F)c1)C1CCCCC1. The summed E-state index contributed by atoms with van der Waals surface area (Å²) in [7, 11) is 0. The second-order valence-electron chi connectivity index (χ2n) is 5.32. The Balaban J connectivity index is 1.84. The molecule has 0 saturated heterocycles. The molecule has 0 amide bonds. The Morgan fingerprint density at radius 3 is 2.72 bits per heavy atom. The molecule has 1 fully saturated rings. The molecular weight excluding hydrogens is 249 g/mol. The Hall–Kier alpha value is -0.600. The molecular formula is C15H21ClFN. The Kier molecular flexibility index (Phi) is 5.02. The van der Waals surface area contributed by atoms with Crippen molar-refractivity contribution in [1.82, 2.24) is 5.32 Å². The second-order valence-corrected chi connectivity index (χ2v) is 5.72. The van der Waals surface area contributed by atoms with E-state index in [1.54, 1.807) is 6.07 Å². The van der Waals surface area contributed by atoms with E-state index in [-0.39, 0.29) is 10.8 Å². The fourth-order valence-electron chi connectivity index (χ4n) is 2.73. The van der Waals surface area contributed by atoms with Crippen LogP contribution in [0.4, 0.5) is 4.39 Å². The molecule has 0 spiro atoms. The van der Waals surface area contributed by atoms with Gasteiger partial charge in [0.2, 0.25) is 0 Å². The molecule has 1 nitrogen and oxygen atoms in total. The summed E-state index contributed by atoms with van der Waals surface area (Å²) in [5.74, 6) is 0.442. The maximum atomic E-state index is 13.3. The van der Waals surface area contributed by atoms with Gasteiger partial charge in [-0.15, -0.1) is 0 Å². The molecule has 1 aromatic rings. The summed E-state index contributed by atoms with van der Waals surface area (Å²) in [5.41, 5.74) is 0.958. The first-order valence-electron chi connectivity index (χ1n) is 6.84. The highest BCUT2D eigenvalue weighted by Gasteiger charge is 2.19. The zero-order chi connectivity index (χ0) is 13.0. The highest BCUT2D eigenvalue weighted by atomic mass is 35.5. The minimum atomic E-state index is -0.332. The predicted octanol–water partition coefficient (Wildman–Crippen LogP) is 4.54. The number of nitrogens with one attached hydrogen (secondary N) is 1. The van der Waals surface area contributed by atoms with Gasteiger partial charge in [-0.1, -0.05) is 36.9 Å². The zero-order valence-electron chi connectivity index (χ0n) is 10.9. The molecule has 1 atom stereocenters. The molecule has 1 aromatic carbocycles. The molecule has 100 valence electrons. The van der Waals surface area contributed by atoms with Crippen LogP contribution in [0.25, 0.3) is 0 Å². The van der Waals surface area contributed by atoms with Crippen LogP contribution in [-0.2, 0) is 6.54 Å². The van der Waals surface area contributed by atoms with Gasteiger partial charge >= 0.3 is 0 Å². The summed E-state index contributed by atoms with van der Waals surface area (Å²) in [6, 6.07) is 5.53. The molecule has 0 aromatic heterocycles. The molecule has 1 aliphatic rings. The maximum Gasteiger partial charge on any atom is 0.142 e. The van der Waals surface area contributed by atoms with Crippen LogP contribution in [-0.4, -0.2) is 6.04 Å². The first-order valence-corrected chi connectivity index (χ1v) is 7.22. The van der Waals surface area contributed by atoms with Crippen LogP contribution >= 0.6 is 11.6 Å². The Morgan fingerprint density at radius 2 is 2.06 bits per heavy atom. The van der Waals surface area contributed by atoms with Crippen LogP contribution in [0, 0.1) is 11.7 Å². The molecule has 1 N–H and O–H groups in total. The molecule has 1 aliphatic carbocycles. The van der Waals surface area contributed by atoms with Crippen LogP contribution in [0.2, 0.25) is 5.02 Å². The van der Waals surface area contributed by atoms with E-state index in [1.165, 1.54) is 38.2 Å². The van der Waals surface area contributed by atoms with Crippen molar-refractivity contribution in [3.8, 4) is 0 Å². The first-order chi connectivity index (χ1) is 8.66. The summed E-state index contributed by atoms with van der Waals surface area (Å²) in [4.78, 5) is 0. The van der Waals surface area contributed by atoms with Gasteiger partial charge in [0.15, 0.2) is 0 Å². The van der Waals surface area contributed by atoms with Crippen molar-refractivity contribution >= 4 is 11.6 Å². The highest BCUT2D eigenvalue weighted by Crippen LogP contribution is 2.26. The van der Waals surface area contributed by atoms with Crippen molar-refractivity contribution in [1.29, 1.82) is 0 Å². The Labute approximate surface area is 114 Å². The number of hydrogen-bond donors (Lipinski definition) is 1. The molecule has 0 heterocycles. The molecule has 0 bridgehead atoms. The van der Waals surface area contributed by atoms with Gasteiger partial charge in [-0.3, -0.25) is 0 Å².